The van der Waals surface area contributed by atoms with E-state index in [-0.39, 0.29) is 11.8 Å². The second kappa shape index (κ2) is 6.72. The van der Waals surface area contributed by atoms with Crippen LogP contribution in [0, 0.1) is 0 Å². The number of fused-ring (bicyclic) bond motifs is 2. The molecule has 6 heteroatoms. The lowest BCUT2D eigenvalue weighted by Gasteiger charge is -2.24. The maximum Gasteiger partial charge on any atom is 0.257 e. The quantitative estimate of drug-likeness (QED) is 0.765. The summed E-state index contributed by atoms with van der Waals surface area (Å²) in [7, 11) is 0. The molecule has 0 fully saturated rings. The number of alkyl halides is 1. The molecule has 23 heavy (non-hydrogen) atoms. The second-order valence-electron chi connectivity index (χ2n) is 5.15. The minimum absolute atomic E-state index is 0.0584. The van der Waals surface area contributed by atoms with Gasteiger partial charge in [0.25, 0.3) is 5.91 Å². The van der Waals surface area contributed by atoms with Gasteiger partial charge in [-0.15, -0.1) is 0 Å². The summed E-state index contributed by atoms with van der Waals surface area (Å²) in [5, 5.41) is 4.09. The molecule has 0 aliphatic carbocycles. The van der Waals surface area contributed by atoms with Crippen LogP contribution >= 0.6 is 27.5 Å². The maximum atomic E-state index is 12.8. The lowest BCUT2D eigenvalue weighted by Crippen LogP contribution is -2.26. The van der Waals surface area contributed by atoms with Crippen molar-refractivity contribution in [3.63, 3.8) is 0 Å². The van der Waals surface area contributed by atoms with E-state index < -0.39 is 0 Å². The van der Waals surface area contributed by atoms with Crippen LogP contribution in [0.15, 0.2) is 42.5 Å². The minimum Gasteiger partial charge on any atom is -0.320 e. The van der Waals surface area contributed by atoms with Crippen molar-refractivity contribution in [1.82, 2.24) is 0 Å². The molecule has 2 amide bonds. The SMILES string of the molecule is O=C1Nc2cc(Cl)ccc2N(C(=O)CCCBr)c2ccccc21. The Labute approximate surface area is 147 Å². The first kappa shape index (κ1) is 16.0. The van der Waals surface area contributed by atoms with Crippen LogP contribution in [0.3, 0.4) is 0 Å². The van der Waals surface area contributed by atoms with Gasteiger partial charge in [-0.3, -0.25) is 14.5 Å². The van der Waals surface area contributed by atoms with Gasteiger partial charge in [-0.2, -0.15) is 0 Å². The minimum atomic E-state index is -0.250. The summed E-state index contributed by atoms with van der Waals surface area (Å²) in [5.41, 5.74) is 2.22. The molecular weight excluding hydrogens is 380 g/mol. The molecule has 118 valence electrons. The van der Waals surface area contributed by atoms with Crippen molar-refractivity contribution in [3.8, 4) is 0 Å². The van der Waals surface area contributed by atoms with Crippen LogP contribution < -0.4 is 10.2 Å². The number of hydrogen-bond donors (Lipinski definition) is 1. The van der Waals surface area contributed by atoms with Gasteiger partial charge in [0.1, 0.15) is 0 Å². The lowest BCUT2D eigenvalue weighted by atomic mass is 10.1. The highest BCUT2D eigenvalue weighted by Gasteiger charge is 2.28. The van der Waals surface area contributed by atoms with Crippen LogP contribution in [0.25, 0.3) is 0 Å². The number of nitrogens with zero attached hydrogens (tertiary/aromatic N) is 1. The van der Waals surface area contributed by atoms with E-state index in [0.29, 0.717) is 34.1 Å². The number of carbonyl (C=O) groups excluding carboxylic acids is 2. The Morgan fingerprint density at radius 3 is 2.74 bits per heavy atom. The topological polar surface area (TPSA) is 49.4 Å². The fourth-order valence-corrected chi connectivity index (χ4v) is 3.03. The predicted octanol–water partition coefficient (Wildman–Crippen LogP) is 4.75. The largest absolute Gasteiger partial charge is 0.320 e. The summed E-state index contributed by atoms with van der Waals surface area (Å²) in [6, 6.07) is 12.2. The van der Waals surface area contributed by atoms with Crippen LogP contribution in [0.5, 0.6) is 0 Å². The van der Waals surface area contributed by atoms with Crippen molar-refractivity contribution < 1.29 is 9.59 Å². The number of carbonyl (C=O) groups is 2. The molecule has 0 bridgehead atoms. The van der Waals surface area contributed by atoms with Crippen LogP contribution in [0.1, 0.15) is 23.2 Å². The van der Waals surface area contributed by atoms with E-state index in [1.165, 1.54) is 0 Å². The summed E-state index contributed by atoms with van der Waals surface area (Å²) >= 11 is 9.38. The molecule has 0 atom stereocenters. The number of amides is 2. The molecule has 1 aliphatic rings. The normalized spacial score (nSPS) is 13.0. The molecule has 1 heterocycles. The van der Waals surface area contributed by atoms with Gasteiger partial charge < -0.3 is 5.32 Å². The molecule has 0 unspecified atom stereocenters. The van der Waals surface area contributed by atoms with Crippen molar-refractivity contribution in [3.05, 3.63) is 53.1 Å². The smallest absolute Gasteiger partial charge is 0.257 e. The summed E-state index contributed by atoms with van der Waals surface area (Å²) in [4.78, 5) is 26.8. The number of para-hydroxylation sites is 1. The van der Waals surface area contributed by atoms with Gasteiger partial charge in [0, 0.05) is 16.8 Å². The summed E-state index contributed by atoms with van der Waals surface area (Å²) in [6.45, 7) is 0. The van der Waals surface area contributed by atoms with E-state index in [9.17, 15) is 9.59 Å². The van der Waals surface area contributed by atoms with Crippen molar-refractivity contribution in [2.45, 2.75) is 12.8 Å². The molecule has 0 radical (unpaired) electrons. The molecule has 1 N–H and O–H groups in total. The van der Waals surface area contributed by atoms with Gasteiger partial charge in [0.2, 0.25) is 5.91 Å². The van der Waals surface area contributed by atoms with Crippen LogP contribution in [-0.4, -0.2) is 17.1 Å². The third-order valence-corrected chi connectivity index (χ3v) is 4.41. The van der Waals surface area contributed by atoms with E-state index in [1.807, 2.05) is 6.07 Å². The Morgan fingerprint density at radius 1 is 1.17 bits per heavy atom. The van der Waals surface area contributed by atoms with Crippen LogP contribution in [-0.2, 0) is 4.79 Å². The molecule has 0 aromatic heterocycles. The first-order chi connectivity index (χ1) is 11.1. The highest BCUT2D eigenvalue weighted by Crippen LogP contribution is 2.39. The van der Waals surface area contributed by atoms with Gasteiger partial charge in [0.05, 0.1) is 22.6 Å². The van der Waals surface area contributed by atoms with Crippen molar-refractivity contribution in [2.24, 2.45) is 0 Å². The average molecular weight is 394 g/mol. The Hall–Kier alpha value is -1.85. The fraction of sp³-hybridized carbons (Fsp3) is 0.176. The molecule has 2 aromatic carbocycles. The van der Waals surface area contributed by atoms with E-state index in [2.05, 4.69) is 21.2 Å². The Kier molecular flexibility index (Phi) is 4.68. The van der Waals surface area contributed by atoms with Gasteiger partial charge in [0.15, 0.2) is 0 Å². The average Bonchev–Trinajstić information content (AvgIpc) is 2.66. The number of nitrogens with one attached hydrogen (secondary N) is 1. The summed E-state index contributed by atoms with van der Waals surface area (Å²) < 4.78 is 0. The Morgan fingerprint density at radius 2 is 1.96 bits per heavy atom. The number of hydrogen-bond acceptors (Lipinski definition) is 2. The van der Waals surface area contributed by atoms with Crippen LogP contribution in [0.4, 0.5) is 17.1 Å². The third-order valence-electron chi connectivity index (χ3n) is 3.61. The fourth-order valence-electron chi connectivity index (χ4n) is 2.58. The number of rotatable bonds is 3. The highest BCUT2D eigenvalue weighted by atomic mass is 79.9. The molecule has 4 nitrogen and oxygen atoms in total. The Balaban J connectivity index is 2.17. The molecular formula is C17H14BrClN2O2. The highest BCUT2D eigenvalue weighted by molar-refractivity contribution is 9.09. The number of anilines is 3. The van der Waals surface area contributed by atoms with Gasteiger partial charge in [-0.1, -0.05) is 39.7 Å². The van der Waals surface area contributed by atoms with E-state index in [4.69, 9.17) is 11.6 Å². The van der Waals surface area contributed by atoms with Crippen LogP contribution in [0.2, 0.25) is 5.02 Å². The lowest BCUT2D eigenvalue weighted by molar-refractivity contribution is -0.117. The van der Waals surface area contributed by atoms with Gasteiger partial charge >= 0.3 is 0 Å². The predicted molar refractivity (Wildman–Crippen MR) is 96.0 cm³/mol. The van der Waals surface area contributed by atoms with Gasteiger partial charge in [-0.05, 0) is 36.8 Å². The zero-order valence-corrected chi connectivity index (χ0v) is 14.5. The molecule has 0 spiro atoms. The van der Waals surface area contributed by atoms with E-state index >= 15 is 0 Å². The van der Waals surface area contributed by atoms with E-state index in [0.717, 1.165) is 11.8 Å². The monoisotopic (exact) mass is 392 g/mol. The van der Waals surface area contributed by atoms with E-state index in [1.54, 1.807) is 41.3 Å². The molecule has 0 saturated heterocycles. The molecule has 3 rings (SSSR count). The van der Waals surface area contributed by atoms with Crippen molar-refractivity contribution in [2.75, 3.05) is 15.5 Å². The van der Waals surface area contributed by atoms with Crippen molar-refractivity contribution in [1.29, 1.82) is 0 Å². The molecule has 0 saturated carbocycles. The summed E-state index contributed by atoms with van der Waals surface area (Å²) in [5.74, 6) is -0.308. The second-order valence-corrected chi connectivity index (χ2v) is 6.38. The van der Waals surface area contributed by atoms with Crippen molar-refractivity contribution >= 4 is 56.4 Å². The molecule has 1 aliphatic heterocycles. The first-order valence-corrected chi connectivity index (χ1v) is 8.70. The molecule has 2 aromatic rings. The first-order valence-electron chi connectivity index (χ1n) is 7.20. The third kappa shape index (κ3) is 3.12. The maximum absolute atomic E-state index is 12.8. The summed E-state index contributed by atoms with van der Waals surface area (Å²) in [6.07, 6.45) is 1.11. The number of halogens is 2. The Bertz CT molecular complexity index is 779. The standard InChI is InChI=1S/C17H14BrClN2O2/c18-9-3-6-16(22)21-14-5-2-1-4-12(14)17(23)20-13-10-11(19)7-8-15(13)21/h1-2,4-5,7-8,10H,3,6,9H2,(H,20,23). The zero-order valence-electron chi connectivity index (χ0n) is 12.2. The van der Waals surface area contributed by atoms with Gasteiger partial charge in [-0.25, -0.2) is 0 Å². The number of benzene rings is 2. The zero-order chi connectivity index (χ0) is 16.4.